The molecule has 1 aliphatic heterocycles. The van der Waals surface area contributed by atoms with E-state index in [-0.39, 0.29) is 5.95 Å². The molecule has 0 spiro atoms. The van der Waals surface area contributed by atoms with Crippen molar-refractivity contribution in [3.63, 3.8) is 0 Å². The standard InChI is InChI=1S/C21H18BrF4N7O/c1-33-6-5-12-10(9-33)7-11(8-14(12)22)28-20-30-19(17(18(27)34)31-32-20)29-16-13(21(24,25)26)3-2-4-15(16)23/h2-4,7-8H,5-6,9H2,1H3,(H2,27,34)(H2,28,29,30,32). The minimum atomic E-state index is -4.86. The summed E-state index contributed by atoms with van der Waals surface area (Å²) in [6.07, 6.45) is -3.99. The minimum Gasteiger partial charge on any atom is -0.364 e. The van der Waals surface area contributed by atoms with E-state index in [0.717, 1.165) is 41.7 Å². The number of fused-ring (bicyclic) bond motifs is 1. The van der Waals surface area contributed by atoms with E-state index in [0.29, 0.717) is 11.8 Å². The topological polar surface area (TPSA) is 109 Å². The second kappa shape index (κ2) is 9.14. The number of aromatic nitrogens is 3. The van der Waals surface area contributed by atoms with Crippen molar-refractivity contribution in [2.75, 3.05) is 24.2 Å². The number of carbonyl (C=O) groups excluding carboxylic acids is 1. The molecule has 0 atom stereocenters. The van der Waals surface area contributed by atoms with Crippen LogP contribution in [0.4, 0.5) is 40.7 Å². The third-order valence-electron chi connectivity index (χ3n) is 5.21. The molecule has 34 heavy (non-hydrogen) atoms. The van der Waals surface area contributed by atoms with E-state index in [1.165, 1.54) is 5.56 Å². The highest BCUT2D eigenvalue weighted by atomic mass is 79.9. The van der Waals surface area contributed by atoms with Crippen molar-refractivity contribution >= 4 is 45.0 Å². The first-order valence-electron chi connectivity index (χ1n) is 9.97. The molecule has 13 heteroatoms. The maximum absolute atomic E-state index is 14.3. The van der Waals surface area contributed by atoms with Gasteiger partial charge < -0.3 is 21.3 Å². The highest BCUT2D eigenvalue weighted by Gasteiger charge is 2.35. The van der Waals surface area contributed by atoms with Gasteiger partial charge in [-0.1, -0.05) is 22.0 Å². The van der Waals surface area contributed by atoms with Gasteiger partial charge in [-0.15, -0.1) is 10.2 Å². The molecule has 4 rings (SSSR count). The van der Waals surface area contributed by atoms with Crippen molar-refractivity contribution in [3.05, 3.63) is 63.0 Å². The molecule has 0 unspecified atom stereocenters. The van der Waals surface area contributed by atoms with E-state index in [4.69, 9.17) is 5.73 Å². The summed E-state index contributed by atoms with van der Waals surface area (Å²) in [5.41, 5.74) is 5.37. The minimum absolute atomic E-state index is 0.131. The first-order valence-corrected chi connectivity index (χ1v) is 10.8. The van der Waals surface area contributed by atoms with Crippen LogP contribution in [-0.4, -0.2) is 39.6 Å². The summed E-state index contributed by atoms with van der Waals surface area (Å²) in [6.45, 7) is 1.65. The second-order valence-electron chi connectivity index (χ2n) is 7.69. The molecule has 2 heterocycles. The Morgan fingerprint density at radius 3 is 2.68 bits per heavy atom. The normalized spacial score (nSPS) is 13.9. The number of nitrogens with zero attached hydrogens (tertiary/aromatic N) is 4. The molecule has 2 aromatic carbocycles. The van der Waals surface area contributed by atoms with Gasteiger partial charge in [-0.2, -0.15) is 18.2 Å². The van der Waals surface area contributed by atoms with Gasteiger partial charge in [-0.3, -0.25) is 4.79 Å². The Morgan fingerprint density at radius 2 is 1.97 bits per heavy atom. The second-order valence-corrected chi connectivity index (χ2v) is 8.54. The van der Waals surface area contributed by atoms with Crippen molar-refractivity contribution in [2.45, 2.75) is 19.1 Å². The molecule has 0 bridgehead atoms. The predicted octanol–water partition coefficient (Wildman–Crippen LogP) is 4.37. The number of benzene rings is 2. The number of amides is 1. The van der Waals surface area contributed by atoms with Gasteiger partial charge in [0, 0.05) is 23.2 Å². The Hall–Kier alpha value is -3.32. The van der Waals surface area contributed by atoms with Crippen molar-refractivity contribution in [1.82, 2.24) is 20.1 Å². The summed E-state index contributed by atoms with van der Waals surface area (Å²) in [6, 6.07) is 6.17. The number of nitrogens with two attached hydrogens (primary N) is 1. The zero-order valence-electron chi connectivity index (χ0n) is 17.7. The van der Waals surface area contributed by atoms with E-state index >= 15 is 0 Å². The van der Waals surface area contributed by atoms with E-state index in [9.17, 15) is 22.4 Å². The van der Waals surface area contributed by atoms with E-state index in [1.807, 2.05) is 13.1 Å². The zero-order chi connectivity index (χ0) is 24.6. The van der Waals surface area contributed by atoms with Crippen molar-refractivity contribution in [1.29, 1.82) is 0 Å². The number of hydrogen-bond acceptors (Lipinski definition) is 7. The fraction of sp³-hybridized carbons (Fsp3) is 0.238. The summed E-state index contributed by atoms with van der Waals surface area (Å²) in [5, 5.41) is 12.6. The molecule has 8 nitrogen and oxygen atoms in total. The van der Waals surface area contributed by atoms with Crippen LogP contribution >= 0.6 is 15.9 Å². The number of para-hydroxylation sites is 1. The SMILES string of the molecule is CN1CCc2c(Br)cc(Nc3nnc(C(N)=O)c(Nc4c(F)cccc4C(F)(F)F)n3)cc2C1. The number of alkyl halides is 3. The van der Waals surface area contributed by atoms with Crippen molar-refractivity contribution in [3.8, 4) is 0 Å². The van der Waals surface area contributed by atoms with E-state index in [2.05, 4.69) is 46.6 Å². The molecule has 0 aliphatic carbocycles. The summed E-state index contributed by atoms with van der Waals surface area (Å²) >= 11 is 3.55. The molecule has 0 fully saturated rings. The number of anilines is 4. The molecule has 0 saturated carbocycles. The van der Waals surface area contributed by atoms with Crippen LogP contribution in [0.5, 0.6) is 0 Å². The number of nitrogens with one attached hydrogen (secondary N) is 2. The largest absolute Gasteiger partial charge is 0.418 e. The monoisotopic (exact) mass is 539 g/mol. The number of likely N-dealkylation sites (N-methyl/N-ethyl adjacent to an activating group) is 1. The van der Waals surface area contributed by atoms with Gasteiger partial charge in [0.25, 0.3) is 5.91 Å². The Balaban J connectivity index is 1.71. The average Bonchev–Trinajstić information content (AvgIpc) is 2.74. The smallest absolute Gasteiger partial charge is 0.364 e. The summed E-state index contributed by atoms with van der Waals surface area (Å²) in [4.78, 5) is 18.0. The van der Waals surface area contributed by atoms with Crippen LogP contribution in [0, 0.1) is 5.82 Å². The van der Waals surface area contributed by atoms with Gasteiger partial charge in [-0.25, -0.2) is 4.39 Å². The Labute approximate surface area is 199 Å². The summed E-state index contributed by atoms with van der Waals surface area (Å²) < 4.78 is 55.4. The maximum Gasteiger partial charge on any atom is 0.418 e. The first-order chi connectivity index (χ1) is 16.0. The Bertz CT molecular complexity index is 1270. The maximum atomic E-state index is 14.3. The molecule has 1 aliphatic rings. The third-order valence-corrected chi connectivity index (χ3v) is 5.92. The average molecular weight is 540 g/mol. The van der Waals surface area contributed by atoms with Crippen molar-refractivity contribution < 1.29 is 22.4 Å². The van der Waals surface area contributed by atoms with Gasteiger partial charge in [-0.05, 0) is 48.9 Å². The molecule has 178 valence electrons. The zero-order valence-corrected chi connectivity index (χ0v) is 19.3. The Kier molecular flexibility index (Phi) is 6.41. The lowest BCUT2D eigenvalue weighted by molar-refractivity contribution is -0.137. The van der Waals surface area contributed by atoms with Crippen LogP contribution in [0.25, 0.3) is 0 Å². The molecule has 3 aromatic rings. The van der Waals surface area contributed by atoms with Crippen LogP contribution < -0.4 is 16.4 Å². The molecule has 0 saturated heterocycles. The van der Waals surface area contributed by atoms with Gasteiger partial charge in [0.1, 0.15) is 5.82 Å². The quantitative estimate of drug-likeness (QED) is 0.413. The van der Waals surface area contributed by atoms with Crippen LogP contribution in [0.1, 0.15) is 27.2 Å². The highest BCUT2D eigenvalue weighted by molar-refractivity contribution is 9.10. The van der Waals surface area contributed by atoms with E-state index < -0.39 is 40.7 Å². The fourth-order valence-electron chi connectivity index (χ4n) is 3.63. The van der Waals surface area contributed by atoms with Gasteiger partial charge in [0.15, 0.2) is 11.5 Å². The van der Waals surface area contributed by atoms with E-state index in [1.54, 1.807) is 6.07 Å². The Morgan fingerprint density at radius 1 is 1.21 bits per heavy atom. The van der Waals surface area contributed by atoms with Gasteiger partial charge in [0.2, 0.25) is 5.95 Å². The molecule has 4 N–H and O–H groups in total. The van der Waals surface area contributed by atoms with Crippen LogP contribution in [0.2, 0.25) is 0 Å². The molecule has 1 aromatic heterocycles. The number of hydrogen-bond donors (Lipinski definition) is 3. The van der Waals surface area contributed by atoms with Crippen LogP contribution in [0.15, 0.2) is 34.8 Å². The predicted molar refractivity (Wildman–Crippen MR) is 120 cm³/mol. The van der Waals surface area contributed by atoms with Crippen molar-refractivity contribution in [2.24, 2.45) is 5.73 Å². The lowest BCUT2D eigenvalue weighted by Crippen LogP contribution is -2.26. The number of halogens is 5. The summed E-state index contributed by atoms with van der Waals surface area (Å²) in [7, 11) is 2.00. The lowest BCUT2D eigenvalue weighted by Gasteiger charge is -2.26. The lowest BCUT2D eigenvalue weighted by atomic mass is 9.99. The number of rotatable bonds is 5. The molecule has 1 amide bonds. The molecular formula is C21H18BrF4N7O. The first kappa shape index (κ1) is 23.8. The molecule has 0 radical (unpaired) electrons. The van der Waals surface area contributed by atoms with Gasteiger partial charge >= 0.3 is 6.18 Å². The molecular weight excluding hydrogens is 522 g/mol. The van der Waals surface area contributed by atoms with Crippen LogP contribution in [0.3, 0.4) is 0 Å². The number of carbonyl (C=O) groups is 1. The number of primary amides is 1. The summed E-state index contributed by atoms with van der Waals surface area (Å²) in [5.74, 6) is -2.90. The highest BCUT2D eigenvalue weighted by Crippen LogP contribution is 2.38. The van der Waals surface area contributed by atoms with Gasteiger partial charge in [0.05, 0.1) is 11.3 Å². The third kappa shape index (κ3) is 4.94. The fourth-order valence-corrected chi connectivity index (χ4v) is 4.33. The van der Waals surface area contributed by atoms with Crippen LogP contribution in [-0.2, 0) is 19.1 Å².